The first kappa shape index (κ1) is 70.1. The predicted octanol–water partition coefficient (Wildman–Crippen LogP) is 20.8. The maximum atomic E-state index is 6.45. The van der Waals surface area contributed by atoms with Crippen LogP contribution in [-0.4, -0.2) is 42.5 Å². The molecule has 4 aliphatic heterocycles. The van der Waals surface area contributed by atoms with E-state index in [2.05, 4.69) is 376 Å². The number of benzene rings is 14. The summed E-state index contributed by atoms with van der Waals surface area (Å²) in [5, 5.41) is 0. The van der Waals surface area contributed by atoms with Gasteiger partial charge in [-0.3, -0.25) is 9.55 Å². The van der Waals surface area contributed by atoms with Crippen LogP contribution in [0.2, 0.25) is 0 Å². The van der Waals surface area contributed by atoms with Crippen molar-refractivity contribution in [3.8, 4) is 57.4 Å². The van der Waals surface area contributed by atoms with Gasteiger partial charge in [0.15, 0.2) is 0 Å². The smallest absolute Gasteiger partial charge is 0.466 e. The molecule has 8 heterocycles. The quantitative estimate of drug-likeness (QED) is 0.0870. The van der Waals surface area contributed by atoms with Gasteiger partial charge in [0.1, 0.15) is 11.6 Å². The number of hydrogen-bond donors (Lipinski definition) is 0. The third-order valence-electron chi connectivity index (χ3n) is 22.4. The van der Waals surface area contributed by atoms with Crippen LogP contribution >= 0.6 is 0 Å². The normalized spacial score (nSPS) is 12.5. The Morgan fingerprint density at radius 1 is 0.313 bits per heavy atom. The van der Waals surface area contributed by atoms with Crippen LogP contribution in [0.25, 0.3) is 56.2 Å². The summed E-state index contributed by atoms with van der Waals surface area (Å²) >= 11 is 0. The van der Waals surface area contributed by atoms with Crippen molar-refractivity contribution in [1.82, 2.24) is 29.1 Å². The number of aromatic nitrogens is 6. The van der Waals surface area contributed by atoms with E-state index < -0.39 is 0 Å². The van der Waals surface area contributed by atoms with Crippen molar-refractivity contribution in [2.75, 3.05) is 19.6 Å². The SMILES string of the molecule is Cc1cccc(C)c1-n1c(-c2[c-]c3c(cc2)N(c2ccccc2)c2cccc4c2B3c2[c-]c(Oc3ccccn3)ccc2N4c2ccccc2)nc2ccccc21.Cc1cccc(C)c1-n1c(-c2ccc3c(c2)B2c4cc(Oc5ccccn5)ccc4N(c4ccccc4)c4cccc(c42)N3c2ccccc2)nc2ccccc21.[Pt+2]. The van der Waals surface area contributed by atoms with Crippen LogP contribution in [0.1, 0.15) is 22.3 Å². The molecule has 18 aromatic rings. The molecule has 4 aromatic heterocycles. The minimum absolute atomic E-state index is 0. The Balaban J connectivity index is 0.000000147. The van der Waals surface area contributed by atoms with Gasteiger partial charge in [-0.05, 0) is 217 Å². The minimum Gasteiger partial charge on any atom is -0.466 e. The number of nitrogens with zero attached hydrogens (tertiary/aromatic N) is 10. The van der Waals surface area contributed by atoms with Crippen LogP contribution in [0, 0.1) is 39.8 Å². The second-order valence-corrected chi connectivity index (χ2v) is 29.3. The number of hydrogen-bond acceptors (Lipinski definition) is 10. The topological polar surface area (TPSA) is 92.8 Å². The third-order valence-corrected chi connectivity index (χ3v) is 22.4. The average molecular weight is 1660 g/mol. The second-order valence-electron chi connectivity index (χ2n) is 29.3. The summed E-state index contributed by atoms with van der Waals surface area (Å²) in [4.78, 5) is 29.2. The van der Waals surface area contributed by atoms with E-state index in [1.165, 1.54) is 38.6 Å². The van der Waals surface area contributed by atoms with Gasteiger partial charge in [0.2, 0.25) is 18.5 Å². The van der Waals surface area contributed by atoms with Gasteiger partial charge in [-0.15, -0.1) is 47.4 Å². The molecule has 0 aliphatic carbocycles. The van der Waals surface area contributed by atoms with E-state index in [0.29, 0.717) is 17.5 Å². The molecule has 115 heavy (non-hydrogen) atoms. The van der Waals surface area contributed by atoms with Crippen molar-refractivity contribution in [3.05, 3.63) is 386 Å². The van der Waals surface area contributed by atoms with E-state index in [-0.39, 0.29) is 34.5 Å². The molecule has 0 unspecified atom stereocenters. The van der Waals surface area contributed by atoms with Gasteiger partial charge < -0.3 is 33.6 Å². The number of rotatable bonds is 12. The van der Waals surface area contributed by atoms with Gasteiger partial charge in [0.05, 0.1) is 33.6 Å². The number of ether oxygens (including phenoxy) is 2. The van der Waals surface area contributed by atoms with Crippen LogP contribution in [0.5, 0.6) is 23.3 Å². The van der Waals surface area contributed by atoms with Crippen molar-refractivity contribution in [2.45, 2.75) is 27.7 Å². The number of pyridine rings is 2. The second kappa shape index (κ2) is 28.9. The van der Waals surface area contributed by atoms with E-state index in [1.807, 2.05) is 42.5 Å². The van der Waals surface area contributed by atoms with Crippen molar-refractivity contribution < 1.29 is 30.5 Å². The van der Waals surface area contributed by atoms with Crippen LogP contribution in [-0.2, 0) is 21.1 Å². The molecular weight excluding hydrogens is 1590 g/mol. The zero-order valence-electron chi connectivity index (χ0n) is 63.2. The molecule has 4 aliphatic rings. The van der Waals surface area contributed by atoms with Gasteiger partial charge in [-0.1, -0.05) is 169 Å². The maximum absolute atomic E-state index is 6.45. The van der Waals surface area contributed by atoms with E-state index in [9.17, 15) is 0 Å². The largest absolute Gasteiger partial charge is 2.00 e. The average Bonchev–Trinajstić information content (AvgIpc) is 1.19. The number of aryl methyl sites for hydroxylation is 4. The zero-order chi connectivity index (χ0) is 76.1. The fourth-order valence-electron chi connectivity index (χ4n) is 17.7. The molecule has 548 valence electrons. The van der Waals surface area contributed by atoms with E-state index >= 15 is 0 Å². The molecule has 14 aromatic carbocycles. The van der Waals surface area contributed by atoms with E-state index in [0.717, 1.165) is 147 Å². The van der Waals surface area contributed by atoms with Crippen LogP contribution in [0.3, 0.4) is 0 Å². The molecule has 0 fully saturated rings. The summed E-state index contributed by atoms with van der Waals surface area (Å²) < 4.78 is 17.5. The Kier molecular flexibility index (Phi) is 17.6. The molecule has 0 saturated carbocycles. The number of imidazole rings is 2. The summed E-state index contributed by atoms with van der Waals surface area (Å²) in [7, 11) is 0. The van der Waals surface area contributed by atoms with Crippen molar-refractivity contribution in [2.24, 2.45) is 0 Å². The number of fused-ring (bicyclic) bond motifs is 10. The van der Waals surface area contributed by atoms with E-state index in [4.69, 9.17) is 19.4 Å². The minimum atomic E-state index is -0.230. The molecule has 0 radical (unpaired) electrons. The van der Waals surface area contributed by atoms with Crippen LogP contribution in [0.15, 0.2) is 352 Å². The van der Waals surface area contributed by atoms with Crippen molar-refractivity contribution >= 4 is 137 Å². The third kappa shape index (κ3) is 11.9. The molecule has 0 bridgehead atoms. The standard InChI is InChI=1S/C50H36BN5O.C50H34BN5O.Pt/c2*1-33-15-13-16-34(2)49(33)56-44-22-10-9-21-41(44)53-50(56)35-26-28-42-39(31-35)51-40-32-38(57-47-25-11-12-30-52-47)27-29-43(40)55(37-19-7-4-8-20-37)46-24-14-23-45(48(46)51)54(42)36-17-5-3-6-18-36;/h3-32H,1-2H3;3-30H,1-2H3;/q;-2;+2. The summed E-state index contributed by atoms with van der Waals surface area (Å²) in [6.45, 7) is 8.37. The van der Waals surface area contributed by atoms with Gasteiger partial charge in [-0.2, -0.15) is 5.46 Å². The van der Waals surface area contributed by atoms with Crippen LogP contribution in [0.4, 0.5) is 68.2 Å². The van der Waals surface area contributed by atoms with Crippen LogP contribution < -0.4 is 61.9 Å². The Bertz CT molecular complexity index is 6320. The maximum Gasteiger partial charge on any atom is 2.00 e. The predicted molar refractivity (Wildman–Crippen MR) is 466 cm³/mol. The summed E-state index contributed by atoms with van der Waals surface area (Å²) in [6.07, 6.45) is 3.50. The molecule has 0 spiro atoms. The molecule has 15 heteroatoms. The fourth-order valence-corrected chi connectivity index (χ4v) is 17.7. The Morgan fingerprint density at radius 3 is 1.22 bits per heavy atom. The zero-order valence-corrected chi connectivity index (χ0v) is 65.5. The molecule has 12 nitrogen and oxygen atoms in total. The Hall–Kier alpha value is -14.1. The van der Waals surface area contributed by atoms with Crippen molar-refractivity contribution in [1.29, 1.82) is 0 Å². The summed E-state index contributed by atoms with van der Waals surface area (Å²) in [5.74, 6) is 4.17. The summed E-state index contributed by atoms with van der Waals surface area (Å²) in [6, 6.07) is 127. The molecule has 0 amide bonds. The first-order valence-corrected chi connectivity index (χ1v) is 38.6. The summed E-state index contributed by atoms with van der Waals surface area (Å²) in [5.41, 5.74) is 33.0. The van der Waals surface area contributed by atoms with Crippen molar-refractivity contribution in [3.63, 3.8) is 0 Å². The Morgan fingerprint density at radius 2 is 0.713 bits per heavy atom. The van der Waals surface area contributed by atoms with Gasteiger partial charge in [-0.25, -0.2) is 15.0 Å². The van der Waals surface area contributed by atoms with Gasteiger partial charge in [0, 0.05) is 98.4 Å². The molecule has 0 saturated heterocycles. The Labute approximate surface area is 682 Å². The monoisotopic (exact) mass is 1660 g/mol. The first-order chi connectivity index (χ1) is 56.2. The van der Waals surface area contributed by atoms with Gasteiger partial charge in [0.25, 0.3) is 6.71 Å². The molecule has 22 rings (SSSR count). The fraction of sp³-hybridized carbons (Fsp3) is 0.0400. The van der Waals surface area contributed by atoms with Gasteiger partial charge >= 0.3 is 21.1 Å². The molecule has 0 atom stereocenters. The molecular formula is C100H70B2N10O2Pt. The number of anilines is 12. The number of para-hydroxylation sites is 10. The molecule has 0 N–H and O–H groups in total. The van der Waals surface area contributed by atoms with E-state index in [1.54, 1.807) is 12.4 Å². The first-order valence-electron chi connectivity index (χ1n) is 38.6.